The highest BCUT2D eigenvalue weighted by atomic mass is 32.2. The number of nitrogens with one attached hydrogen (secondary N) is 2. The van der Waals surface area contributed by atoms with Gasteiger partial charge in [0.05, 0.1) is 25.7 Å². The van der Waals surface area contributed by atoms with Crippen LogP contribution in [-0.2, 0) is 4.79 Å². The van der Waals surface area contributed by atoms with Gasteiger partial charge in [0.15, 0.2) is 5.16 Å². The van der Waals surface area contributed by atoms with Crippen LogP contribution < -0.4 is 20.3 Å². The fraction of sp³-hybridized carbons (Fsp3) is 0.115. The van der Waals surface area contributed by atoms with Crippen molar-refractivity contribution in [2.24, 2.45) is 0 Å². The Labute approximate surface area is 204 Å². The first kappa shape index (κ1) is 22.5. The van der Waals surface area contributed by atoms with Gasteiger partial charge in [0, 0.05) is 22.7 Å². The molecule has 0 atom stereocenters. The summed E-state index contributed by atoms with van der Waals surface area (Å²) in [4.78, 5) is 34.3. The van der Waals surface area contributed by atoms with Crippen LogP contribution in [0.2, 0.25) is 0 Å². The zero-order valence-electron chi connectivity index (χ0n) is 19.1. The van der Waals surface area contributed by atoms with Gasteiger partial charge in [-0.15, -0.1) is 0 Å². The molecular formula is C26H22N4O4S. The third-order valence-electron chi connectivity index (χ3n) is 5.51. The van der Waals surface area contributed by atoms with Crippen molar-refractivity contribution in [1.82, 2.24) is 14.5 Å². The van der Waals surface area contributed by atoms with E-state index in [9.17, 15) is 9.59 Å². The van der Waals surface area contributed by atoms with E-state index in [0.29, 0.717) is 39.1 Å². The Balaban J connectivity index is 1.53. The first-order valence-corrected chi connectivity index (χ1v) is 11.8. The Kier molecular flexibility index (Phi) is 6.15. The van der Waals surface area contributed by atoms with Crippen molar-refractivity contribution >= 4 is 45.3 Å². The van der Waals surface area contributed by atoms with Crippen molar-refractivity contribution in [3.63, 3.8) is 0 Å². The van der Waals surface area contributed by atoms with E-state index in [0.717, 1.165) is 10.9 Å². The van der Waals surface area contributed by atoms with E-state index in [4.69, 9.17) is 14.5 Å². The summed E-state index contributed by atoms with van der Waals surface area (Å²) in [7, 11) is 3.16. The Morgan fingerprint density at radius 1 is 1.00 bits per heavy atom. The number of ether oxygens (including phenoxy) is 2. The van der Waals surface area contributed by atoms with Gasteiger partial charge in [0.1, 0.15) is 22.5 Å². The molecule has 1 amide bonds. The lowest BCUT2D eigenvalue weighted by Crippen LogP contribution is -2.23. The van der Waals surface area contributed by atoms with Crippen molar-refractivity contribution in [3.8, 4) is 17.2 Å². The Morgan fingerprint density at radius 3 is 2.54 bits per heavy atom. The predicted molar refractivity (Wildman–Crippen MR) is 138 cm³/mol. The van der Waals surface area contributed by atoms with Gasteiger partial charge < -0.3 is 19.8 Å². The number of hydrogen-bond acceptors (Lipinski definition) is 6. The van der Waals surface area contributed by atoms with E-state index in [-0.39, 0.29) is 17.2 Å². The van der Waals surface area contributed by atoms with Crippen LogP contribution in [-0.4, -0.2) is 40.4 Å². The molecule has 0 aliphatic heterocycles. The van der Waals surface area contributed by atoms with Crippen molar-refractivity contribution in [1.29, 1.82) is 0 Å². The van der Waals surface area contributed by atoms with Gasteiger partial charge in [-0.1, -0.05) is 36.0 Å². The number of fused-ring (bicyclic) bond motifs is 3. The molecule has 2 heterocycles. The van der Waals surface area contributed by atoms with Crippen LogP contribution in [0.3, 0.4) is 0 Å². The largest absolute Gasteiger partial charge is 0.497 e. The minimum atomic E-state index is -0.243. The topological polar surface area (TPSA) is 98.2 Å². The summed E-state index contributed by atoms with van der Waals surface area (Å²) in [6.45, 7) is 0. The van der Waals surface area contributed by atoms with E-state index in [1.54, 1.807) is 62.8 Å². The van der Waals surface area contributed by atoms with E-state index in [1.807, 2.05) is 24.3 Å². The van der Waals surface area contributed by atoms with Crippen molar-refractivity contribution in [2.45, 2.75) is 5.16 Å². The third-order valence-corrected chi connectivity index (χ3v) is 6.45. The second-order valence-corrected chi connectivity index (χ2v) is 8.64. The second kappa shape index (κ2) is 9.55. The minimum Gasteiger partial charge on any atom is -0.497 e. The van der Waals surface area contributed by atoms with Gasteiger partial charge in [0.2, 0.25) is 5.91 Å². The Morgan fingerprint density at radius 2 is 1.77 bits per heavy atom. The molecule has 0 fully saturated rings. The summed E-state index contributed by atoms with van der Waals surface area (Å²) in [5.41, 5.74) is 2.82. The summed E-state index contributed by atoms with van der Waals surface area (Å²) in [5.74, 6) is 1.16. The molecule has 2 N–H and O–H groups in total. The number of amides is 1. The first-order chi connectivity index (χ1) is 17.1. The van der Waals surface area contributed by atoms with Crippen LogP contribution in [0, 0.1) is 0 Å². The second-order valence-electron chi connectivity index (χ2n) is 7.70. The molecule has 9 heteroatoms. The third kappa shape index (κ3) is 4.45. The molecule has 2 aromatic heterocycles. The highest BCUT2D eigenvalue weighted by Gasteiger charge is 2.18. The smallest absolute Gasteiger partial charge is 0.283 e. The molecule has 0 bridgehead atoms. The van der Waals surface area contributed by atoms with E-state index in [2.05, 4.69) is 10.3 Å². The number of carbonyl (C=O) groups excluding carboxylic acids is 1. The molecule has 0 saturated carbocycles. The number of para-hydroxylation sites is 1. The van der Waals surface area contributed by atoms with Gasteiger partial charge in [-0.25, -0.2) is 4.98 Å². The van der Waals surface area contributed by atoms with E-state index >= 15 is 0 Å². The maximum absolute atomic E-state index is 13.6. The van der Waals surface area contributed by atoms with E-state index < -0.39 is 0 Å². The van der Waals surface area contributed by atoms with Crippen LogP contribution in [0.15, 0.2) is 82.7 Å². The van der Waals surface area contributed by atoms with Crippen LogP contribution >= 0.6 is 11.8 Å². The molecule has 0 aliphatic rings. The average molecular weight is 487 g/mol. The monoisotopic (exact) mass is 486 g/mol. The number of aromatic nitrogens is 3. The quantitative estimate of drug-likeness (QED) is 0.257. The number of nitrogens with zero attached hydrogens (tertiary/aromatic N) is 2. The lowest BCUT2D eigenvalue weighted by Gasteiger charge is -2.13. The summed E-state index contributed by atoms with van der Waals surface area (Å²) < 4.78 is 12.0. The minimum absolute atomic E-state index is 0.0632. The summed E-state index contributed by atoms with van der Waals surface area (Å²) in [6.07, 6.45) is 0. The van der Waals surface area contributed by atoms with Gasteiger partial charge >= 0.3 is 0 Å². The number of anilines is 1. The number of thioether (sulfide) groups is 1. The van der Waals surface area contributed by atoms with Crippen LogP contribution in [0.5, 0.6) is 11.5 Å². The molecule has 176 valence electrons. The first-order valence-electron chi connectivity index (χ1n) is 10.8. The molecule has 5 rings (SSSR count). The Bertz CT molecular complexity index is 1590. The van der Waals surface area contributed by atoms with Crippen LogP contribution in [0.4, 0.5) is 5.69 Å². The lowest BCUT2D eigenvalue weighted by molar-refractivity contribution is -0.113. The van der Waals surface area contributed by atoms with Crippen molar-refractivity contribution in [3.05, 3.63) is 83.2 Å². The molecule has 8 nitrogen and oxygen atoms in total. The molecule has 0 saturated heterocycles. The number of rotatable bonds is 7. The van der Waals surface area contributed by atoms with Gasteiger partial charge in [-0.3, -0.25) is 14.2 Å². The fourth-order valence-corrected chi connectivity index (χ4v) is 4.63. The predicted octanol–water partition coefficient (Wildman–Crippen LogP) is 4.62. The highest BCUT2D eigenvalue weighted by molar-refractivity contribution is 7.99. The van der Waals surface area contributed by atoms with Gasteiger partial charge in [0.25, 0.3) is 5.56 Å². The van der Waals surface area contributed by atoms with E-state index in [1.165, 1.54) is 16.3 Å². The molecule has 0 radical (unpaired) electrons. The highest BCUT2D eigenvalue weighted by Crippen LogP contribution is 2.27. The standard InChI is InChI=1S/C26H22N4O4S/c1-33-18-12-10-17(11-13-18)30-25(32)24-23(20-8-3-4-9-21(20)28-24)29-26(30)35-15-22(31)27-16-6-5-7-19(14-16)34-2/h3-14,28H,15H2,1-2H3,(H,27,31). The summed E-state index contributed by atoms with van der Waals surface area (Å²) in [5, 5.41) is 4.13. The van der Waals surface area contributed by atoms with Crippen LogP contribution in [0.25, 0.3) is 27.6 Å². The zero-order chi connectivity index (χ0) is 24.4. The normalized spacial score (nSPS) is 11.0. The molecular weight excluding hydrogens is 464 g/mol. The zero-order valence-corrected chi connectivity index (χ0v) is 19.9. The number of H-pyrrole nitrogens is 1. The molecule has 0 spiro atoms. The molecule has 0 aliphatic carbocycles. The maximum atomic E-state index is 13.6. The van der Waals surface area contributed by atoms with Crippen LogP contribution in [0.1, 0.15) is 0 Å². The number of methoxy groups -OCH3 is 2. The maximum Gasteiger partial charge on any atom is 0.283 e. The fourth-order valence-electron chi connectivity index (χ4n) is 3.83. The summed E-state index contributed by atoms with van der Waals surface area (Å²) >= 11 is 1.19. The van der Waals surface area contributed by atoms with Crippen molar-refractivity contribution < 1.29 is 14.3 Å². The van der Waals surface area contributed by atoms with Crippen molar-refractivity contribution in [2.75, 3.05) is 25.3 Å². The molecule has 5 aromatic rings. The molecule has 35 heavy (non-hydrogen) atoms. The lowest BCUT2D eigenvalue weighted by atomic mass is 10.2. The average Bonchev–Trinajstić information content (AvgIpc) is 3.27. The molecule has 0 unspecified atom stereocenters. The number of benzene rings is 3. The summed E-state index contributed by atoms with van der Waals surface area (Å²) in [6, 6.07) is 21.9. The molecule has 3 aromatic carbocycles. The van der Waals surface area contributed by atoms with Gasteiger partial charge in [-0.05, 0) is 42.5 Å². The SMILES string of the molecule is COc1ccc(-n2c(SCC(=O)Nc3cccc(OC)c3)nc3c([nH]c4ccccc43)c2=O)cc1. The number of carbonyl (C=O) groups is 1. The van der Waals surface area contributed by atoms with Gasteiger partial charge in [-0.2, -0.15) is 0 Å². The Hall–Kier alpha value is -4.24. The number of hydrogen-bond donors (Lipinski definition) is 2. The number of aromatic amines is 1.